The van der Waals surface area contributed by atoms with Gasteiger partial charge in [0, 0.05) is 22.5 Å². The summed E-state index contributed by atoms with van der Waals surface area (Å²) in [6.07, 6.45) is -4.25. The number of thiazole rings is 1. The second-order valence-corrected chi connectivity index (χ2v) is 9.66. The first kappa shape index (κ1) is 22.6. The molecule has 0 aliphatic rings. The summed E-state index contributed by atoms with van der Waals surface area (Å²) in [6, 6.07) is 14.5. The molecule has 0 aliphatic heterocycles. The van der Waals surface area contributed by atoms with E-state index in [2.05, 4.69) is 4.98 Å². The Labute approximate surface area is 189 Å². The molecule has 0 bridgehead atoms. The van der Waals surface area contributed by atoms with Crippen molar-refractivity contribution in [1.29, 1.82) is 0 Å². The van der Waals surface area contributed by atoms with Crippen LogP contribution >= 0.6 is 23.1 Å². The molecule has 1 atom stereocenters. The predicted octanol–water partition coefficient (Wildman–Crippen LogP) is 6.54. The molecule has 0 amide bonds. The van der Waals surface area contributed by atoms with Gasteiger partial charge in [0.25, 0.3) is 0 Å². The molecule has 0 saturated heterocycles. The van der Waals surface area contributed by atoms with Crippen LogP contribution in [0.3, 0.4) is 0 Å². The van der Waals surface area contributed by atoms with Crippen molar-refractivity contribution in [2.24, 2.45) is 0 Å². The predicted molar refractivity (Wildman–Crippen MR) is 119 cm³/mol. The van der Waals surface area contributed by atoms with Gasteiger partial charge in [-0.25, -0.2) is 9.78 Å². The first-order valence-electron chi connectivity index (χ1n) is 9.69. The zero-order valence-electron chi connectivity index (χ0n) is 17.1. The van der Waals surface area contributed by atoms with Gasteiger partial charge in [-0.3, -0.25) is 0 Å². The van der Waals surface area contributed by atoms with Gasteiger partial charge in [0.1, 0.15) is 5.58 Å². The fraction of sp³-hybridized carbons (Fsp3) is 0.217. The van der Waals surface area contributed by atoms with E-state index < -0.39 is 23.8 Å². The minimum absolute atomic E-state index is 0.260. The van der Waals surface area contributed by atoms with Crippen LogP contribution in [-0.4, -0.2) is 16.3 Å². The van der Waals surface area contributed by atoms with Crippen LogP contribution in [0.4, 0.5) is 13.2 Å². The first-order valence-corrected chi connectivity index (χ1v) is 11.3. The van der Waals surface area contributed by atoms with E-state index in [0.29, 0.717) is 14.8 Å². The molecule has 4 aromatic rings. The van der Waals surface area contributed by atoms with Gasteiger partial charge in [0.15, 0.2) is 9.94 Å². The van der Waals surface area contributed by atoms with Gasteiger partial charge in [-0.2, -0.15) is 13.2 Å². The van der Waals surface area contributed by atoms with Gasteiger partial charge >= 0.3 is 11.8 Å². The van der Waals surface area contributed by atoms with Crippen molar-refractivity contribution in [3.05, 3.63) is 75.6 Å². The molecule has 2 heterocycles. The van der Waals surface area contributed by atoms with E-state index in [0.717, 1.165) is 51.4 Å². The van der Waals surface area contributed by atoms with Crippen LogP contribution < -0.4 is 5.63 Å². The highest BCUT2D eigenvalue weighted by Crippen LogP contribution is 2.45. The maximum Gasteiger partial charge on any atom is 0.422 e. The standard InChI is InChI=1S/C23H18F3NO3S2/c1-3-22(29,23(24,25)26)19-12-27-21(32-19)31-15-7-8-16-17(11-20(28)30-18(16)10-15)14-6-4-5-13(2)9-14/h4-12,29H,3H2,1-2H3/t22-/m1/s1. The molecule has 0 spiro atoms. The Hall–Kier alpha value is -2.62. The fourth-order valence-corrected chi connectivity index (χ4v) is 5.53. The average Bonchev–Trinajstić information content (AvgIpc) is 3.20. The summed E-state index contributed by atoms with van der Waals surface area (Å²) in [6.45, 7) is 3.24. The first-order chi connectivity index (χ1) is 15.1. The van der Waals surface area contributed by atoms with Crippen molar-refractivity contribution in [1.82, 2.24) is 4.98 Å². The lowest BCUT2D eigenvalue weighted by molar-refractivity contribution is -0.266. The lowest BCUT2D eigenvalue weighted by Crippen LogP contribution is -2.40. The fourth-order valence-electron chi connectivity index (χ4n) is 3.37. The van der Waals surface area contributed by atoms with Gasteiger partial charge in [-0.1, -0.05) is 48.5 Å². The number of hydrogen-bond donors (Lipinski definition) is 1. The highest BCUT2D eigenvalue weighted by atomic mass is 32.2. The van der Waals surface area contributed by atoms with Crippen LogP contribution in [0, 0.1) is 6.92 Å². The smallest absolute Gasteiger partial charge is 0.422 e. The number of hydrogen-bond acceptors (Lipinski definition) is 6. The van der Waals surface area contributed by atoms with E-state index in [1.807, 2.05) is 37.3 Å². The average molecular weight is 478 g/mol. The van der Waals surface area contributed by atoms with E-state index in [4.69, 9.17) is 4.42 Å². The van der Waals surface area contributed by atoms with E-state index in [1.54, 1.807) is 12.1 Å². The molecule has 4 rings (SSSR count). The Morgan fingerprint density at radius 2 is 1.94 bits per heavy atom. The van der Waals surface area contributed by atoms with E-state index >= 15 is 0 Å². The van der Waals surface area contributed by atoms with Crippen molar-refractivity contribution in [3.8, 4) is 11.1 Å². The monoisotopic (exact) mass is 477 g/mol. The summed E-state index contributed by atoms with van der Waals surface area (Å²) in [5, 5.41) is 10.9. The number of fused-ring (bicyclic) bond motifs is 1. The maximum atomic E-state index is 13.3. The summed E-state index contributed by atoms with van der Waals surface area (Å²) in [5.74, 6) is 0. The molecular weight excluding hydrogens is 459 g/mol. The Balaban J connectivity index is 1.69. The van der Waals surface area contributed by atoms with E-state index in [-0.39, 0.29) is 4.88 Å². The third-order valence-corrected chi connectivity index (χ3v) is 7.34. The molecule has 1 N–H and O–H groups in total. The third-order valence-electron chi connectivity index (χ3n) is 5.12. The number of halogens is 3. The molecule has 0 aliphatic carbocycles. The number of nitrogens with zero attached hydrogens (tertiary/aromatic N) is 1. The number of benzene rings is 2. The number of aromatic nitrogens is 1. The number of alkyl halides is 3. The van der Waals surface area contributed by atoms with Gasteiger partial charge in [0.05, 0.1) is 4.88 Å². The Morgan fingerprint density at radius 1 is 1.16 bits per heavy atom. The second-order valence-electron chi connectivity index (χ2n) is 7.31. The molecule has 0 fully saturated rings. The van der Waals surface area contributed by atoms with Crippen molar-refractivity contribution >= 4 is 34.1 Å². The van der Waals surface area contributed by atoms with Crippen LogP contribution in [0.25, 0.3) is 22.1 Å². The summed E-state index contributed by atoms with van der Waals surface area (Å²) in [5.41, 5.74) is -0.365. The maximum absolute atomic E-state index is 13.3. The van der Waals surface area contributed by atoms with E-state index in [9.17, 15) is 23.1 Å². The van der Waals surface area contributed by atoms with Crippen LogP contribution in [0.15, 0.2) is 73.2 Å². The highest BCUT2D eigenvalue weighted by molar-refractivity contribution is 8.01. The number of aliphatic hydroxyl groups is 1. The molecule has 166 valence electrons. The molecule has 9 heteroatoms. The third kappa shape index (κ3) is 4.20. The topological polar surface area (TPSA) is 63.3 Å². The van der Waals surface area contributed by atoms with Gasteiger partial charge in [-0.05, 0) is 42.7 Å². The quantitative estimate of drug-likeness (QED) is 0.331. The molecule has 2 aromatic carbocycles. The van der Waals surface area contributed by atoms with Crippen LogP contribution in [0.5, 0.6) is 0 Å². The minimum atomic E-state index is -4.80. The number of rotatable bonds is 5. The van der Waals surface area contributed by atoms with Crippen molar-refractivity contribution in [2.75, 3.05) is 0 Å². The van der Waals surface area contributed by atoms with Crippen molar-refractivity contribution in [2.45, 2.75) is 41.3 Å². The zero-order chi connectivity index (χ0) is 23.1. The molecule has 2 aromatic heterocycles. The number of aryl methyl sites for hydroxylation is 1. The van der Waals surface area contributed by atoms with Crippen molar-refractivity contribution in [3.63, 3.8) is 0 Å². The van der Waals surface area contributed by atoms with Gasteiger partial charge in [-0.15, -0.1) is 11.3 Å². The van der Waals surface area contributed by atoms with Crippen LogP contribution in [0.2, 0.25) is 0 Å². The van der Waals surface area contributed by atoms with Gasteiger partial charge in [0.2, 0.25) is 0 Å². The molecule has 4 nitrogen and oxygen atoms in total. The van der Waals surface area contributed by atoms with Gasteiger partial charge < -0.3 is 9.52 Å². The molecule has 0 saturated carbocycles. The van der Waals surface area contributed by atoms with E-state index in [1.165, 1.54) is 13.0 Å². The summed E-state index contributed by atoms with van der Waals surface area (Å²) < 4.78 is 45.7. The minimum Gasteiger partial charge on any atom is -0.423 e. The summed E-state index contributed by atoms with van der Waals surface area (Å²) >= 11 is 1.92. The molecular formula is C23H18F3NO3S2. The lowest BCUT2D eigenvalue weighted by Gasteiger charge is -2.27. The Morgan fingerprint density at radius 3 is 2.62 bits per heavy atom. The Bertz CT molecular complexity index is 1350. The largest absolute Gasteiger partial charge is 0.423 e. The summed E-state index contributed by atoms with van der Waals surface area (Å²) in [7, 11) is 0. The van der Waals surface area contributed by atoms with Crippen LogP contribution in [-0.2, 0) is 5.60 Å². The lowest BCUT2D eigenvalue weighted by atomic mass is 9.99. The molecule has 0 unspecified atom stereocenters. The Kier molecular flexibility index (Phi) is 5.91. The second kappa shape index (κ2) is 8.38. The van der Waals surface area contributed by atoms with Crippen LogP contribution in [0.1, 0.15) is 23.8 Å². The normalized spacial score (nSPS) is 13.9. The van der Waals surface area contributed by atoms with Crippen molar-refractivity contribution < 1.29 is 22.7 Å². The summed E-state index contributed by atoms with van der Waals surface area (Å²) in [4.78, 5) is 16.6. The molecule has 32 heavy (non-hydrogen) atoms. The molecule has 0 radical (unpaired) electrons. The highest BCUT2D eigenvalue weighted by Gasteiger charge is 2.54. The SMILES string of the molecule is CC[C@@](O)(c1cnc(Sc2ccc3c(-c4cccc(C)c4)cc(=O)oc3c2)s1)C(F)(F)F. The zero-order valence-corrected chi connectivity index (χ0v) is 18.7.